The first-order valence-corrected chi connectivity index (χ1v) is 4.02. The molecule has 8 nitrogen and oxygen atoms in total. The van der Waals surface area contributed by atoms with E-state index in [1.165, 1.54) is 13.8 Å². The molecule has 0 aromatic heterocycles. The number of nitrogens with zero attached hydrogens (tertiary/aromatic N) is 1. The largest absolute Gasteiger partial charge is 0.392 e. The predicted molar refractivity (Wildman–Crippen MR) is 46.9 cm³/mol. The second-order valence-electron chi connectivity index (χ2n) is 3.35. The van der Waals surface area contributed by atoms with Crippen molar-refractivity contribution in [3.63, 3.8) is 0 Å². The summed E-state index contributed by atoms with van der Waals surface area (Å²) in [5.74, 6) is -1.81. The summed E-state index contributed by atoms with van der Waals surface area (Å²) in [6.45, 7) is 1.78. The smallest absolute Gasteiger partial charge is 0.327 e. The van der Waals surface area contributed by atoms with Crippen molar-refractivity contribution in [2.45, 2.75) is 13.8 Å². The van der Waals surface area contributed by atoms with Gasteiger partial charge in [0.25, 0.3) is 5.09 Å². The lowest BCUT2D eigenvalue weighted by molar-refractivity contribution is -0.760. The first kappa shape index (κ1) is 13.3. The van der Waals surface area contributed by atoms with Crippen molar-refractivity contribution >= 4 is 11.9 Å². The van der Waals surface area contributed by atoms with E-state index in [-0.39, 0.29) is 0 Å². The molecule has 2 N–H and O–H groups in total. The number of carbonyl (C=O) groups excluding carboxylic acids is 2. The number of nitrogens with two attached hydrogens (primary N) is 1. The maximum atomic E-state index is 11.2. The quantitative estimate of drug-likeness (QED) is 0.280. The second kappa shape index (κ2) is 5.25. The third kappa shape index (κ3) is 4.91. The van der Waals surface area contributed by atoms with Crippen molar-refractivity contribution in [1.29, 1.82) is 0 Å². The second-order valence-corrected chi connectivity index (χ2v) is 3.35. The minimum Gasteiger partial charge on any atom is -0.392 e. The number of ether oxygens (including phenoxy) is 1. The van der Waals surface area contributed by atoms with Crippen molar-refractivity contribution in [2.75, 3.05) is 13.2 Å². The van der Waals surface area contributed by atoms with E-state index in [1.807, 2.05) is 0 Å². The van der Waals surface area contributed by atoms with Gasteiger partial charge in [0.2, 0.25) is 0 Å². The summed E-state index contributed by atoms with van der Waals surface area (Å²) in [6.07, 6.45) is 0. The molecule has 0 rings (SSSR count). The molecule has 0 bridgehead atoms. The number of rotatable bonds is 5. The lowest BCUT2D eigenvalue weighted by Crippen LogP contribution is -2.35. The summed E-state index contributed by atoms with van der Waals surface area (Å²) >= 11 is 0. The van der Waals surface area contributed by atoms with Crippen molar-refractivity contribution in [1.82, 2.24) is 0 Å². The van der Waals surface area contributed by atoms with Gasteiger partial charge in [-0.3, -0.25) is 9.59 Å². The summed E-state index contributed by atoms with van der Waals surface area (Å²) in [5.41, 5.74) is 3.64. The first-order chi connectivity index (χ1) is 6.79. The van der Waals surface area contributed by atoms with E-state index in [2.05, 4.69) is 9.57 Å². The molecule has 86 valence electrons. The van der Waals surface area contributed by atoms with Gasteiger partial charge in [-0.15, -0.1) is 10.1 Å². The summed E-state index contributed by atoms with van der Waals surface area (Å²) < 4.78 is 4.29. The third-order valence-corrected chi connectivity index (χ3v) is 1.46. The van der Waals surface area contributed by atoms with Gasteiger partial charge in [0.1, 0.15) is 6.61 Å². The van der Waals surface area contributed by atoms with Gasteiger partial charge in [-0.1, -0.05) is 0 Å². The Kier molecular flexibility index (Phi) is 4.65. The van der Waals surface area contributed by atoms with Crippen LogP contribution in [0.1, 0.15) is 13.8 Å². The molecule has 0 atom stereocenters. The van der Waals surface area contributed by atoms with Crippen LogP contribution in [-0.4, -0.2) is 30.2 Å². The number of hydrogen-bond acceptors (Lipinski definition) is 7. The Balaban J connectivity index is 4.25. The van der Waals surface area contributed by atoms with Crippen LogP contribution in [0.5, 0.6) is 0 Å². The average Bonchev–Trinajstić information content (AvgIpc) is 2.14. The van der Waals surface area contributed by atoms with Gasteiger partial charge in [-0.2, -0.15) is 0 Å². The van der Waals surface area contributed by atoms with Crippen molar-refractivity contribution in [3.8, 4) is 0 Å². The van der Waals surface area contributed by atoms with Crippen LogP contribution >= 0.6 is 0 Å². The average molecular weight is 220 g/mol. The van der Waals surface area contributed by atoms with Crippen LogP contribution in [-0.2, 0) is 19.2 Å². The van der Waals surface area contributed by atoms with Gasteiger partial charge in [0, 0.05) is 0 Å². The van der Waals surface area contributed by atoms with Crippen molar-refractivity contribution < 1.29 is 24.3 Å². The van der Waals surface area contributed by atoms with Gasteiger partial charge in [-0.25, -0.2) is 0 Å². The molecule has 0 spiro atoms. The van der Waals surface area contributed by atoms with Crippen LogP contribution in [0.4, 0.5) is 0 Å². The zero-order valence-electron chi connectivity index (χ0n) is 8.39. The maximum absolute atomic E-state index is 11.2. The molecule has 0 radical (unpaired) electrons. The molecule has 0 amide bonds. The SMILES string of the molecule is CC(C)(CO[N+](=O)[O-])C(=O)OC(=O)CN. The molecule has 0 aliphatic rings. The highest BCUT2D eigenvalue weighted by atomic mass is 16.9. The topological polar surface area (TPSA) is 122 Å². The highest BCUT2D eigenvalue weighted by Crippen LogP contribution is 2.17. The molecule has 0 aromatic carbocycles. The molecule has 0 aliphatic carbocycles. The van der Waals surface area contributed by atoms with Crippen LogP contribution in [0.2, 0.25) is 0 Å². The summed E-state index contributed by atoms with van der Waals surface area (Å²) in [5, 5.41) is 8.86. The minimum atomic E-state index is -1.28. The minimum absolute atomic E-state index is 0.433. The fourth-order valence-corrected chi connectivity index (χ4v) is 0.556. The molecule has 8 heteroatoms. The molecule has 0 unspecified atom stereocenters. The van der Waals surface area contributed by atoms with Crippen molar-refractivity contribution in [2.24, 2.45) is 11.1 Å². The zero-order chi connectivity index (χ0) is 12.1. The van der Waals surface area contributed by atoms with Crippen LogP contribution in [0.25, 0.3) is 0 Å². The molecular weight excluding hydrogens is 208 g/mol. The normalized spacial score (nSPS) is 10.6. The van der Waals surface area contributed by atoms with Crippen LogP contribution in [0.15, 0.2) is 0 Å². The number of hydrogen-bond donors (Lipinski definition) is 1. The van der Waals surface area contributed by atoms with Gasteiger partial charge in [0.05, 0.1) is 12.0 Å². The highest BCUT2D eigenvalue weighted by Gasteiger charge is 2.32. The fraction of sp³-hybridized carbons (Fsp3) is 0.714. The monoisotopic (exact) mass is 220 g/mol. The Morgan fingerprint density at radius 2 is 2.00 bits per heavy atom. The van der Waals surface area contributed by atoms with E-state index in [9.17, 15) is 19.7 Å². The molecule has 0 heterocycles. The van der Waals surface area contributed by atoms with Gasteiger partial charge < -0.3 is 15.3 Å². The molecular formula is C7H12N2O6. The standard InChI is InChI=1S/C7H12N2O6/c1-7(2,4-14-9(12)13)6(11)15-5(10)3-8/h3-4,8H2,1-2H3. The van der Waals surface area contributed by atoms with Crippen LogP contribution < -0.4 is 5.73 Å². The molecule has 0 aliphatic heterocycles. The number of esters is 2. The van der Waals surface area contributed by atoms with Gasteiger partial charge >= 0.3 is 11.9 Å². The van der Waals surface area contributed by atoms with Gasteiger partial charge in [0.15, 0.2) is 0 Å². The Morgan fingerprint density at radius 1 is 1.47 bits per heavy atom. The molecule has 15 heavy (non-hydrogen) atoms. The van der Waals surface area contributed by atoms with Crippen molar-refractivity contribution in [3.05, 3.63) is 10.1 Å². The Morgan fingerprint density at radius 3 is 2.40 bits per heavy atom. The Bertz CT molecular complexity index is 275. The highest BCUT2D eigenvalue weighted by molar-refractivity contribution is 5.89. The Labute approximate surface area is 85.4 Å². The van der Waals surface area contributed by atoms with E-state index in [1.54, 1.807) is 0 Å². The fourth-order valence-electron chi connectivity index (χ4n) is 0.556. The van der Waals surface area contributed by atoms with E-state index >= 15 is 0 Å². The lowest BCUT2D eigenvalue weighted by atomic mass is 9.95. The predicted octanol–water partition coefficient (Wildman–Crippen LogP) is -0.751. The molecule has 0 fully saturated rings. The summed E-state index contributed by atoms with van der Waals surface area (Å²) in [4.78, 5) is 35.8. The molecule has 0 saturated carbocycles. The van der Waals surface area contributed by atoms with Crippen LogP contribution in [0, 0.1) is 15.5 Å². The van der Waals surface area contributed by atoms with Gasteiger partial charge in [-0.05, 0) is 13.8 Å². The maximum Gasteiger partial charge on any atom is 0.327 e. The molecule has 0 aromatic rings. The van der Waals surface area contributed by atoms with Crippen LogP contribution in [0.3, 0.4) is 0 Å². The zero-order valence-corrected chi connectivity index (χ0v) is 8.39. The lowest BCUT2D eigenvalue weighted by Gasteiger charge is -2.19. The van der Waals surface area contributed by atoms with E-state index in [0.717, 1.165) is 0 Å². The van der Waals surface area contributed by atoms with E-state index in [4.69, 9.17) is 5.73 Å². The summed E-state index contributed by atoms with van der Waals surface area (Å²) in [6, 6.07) is 0. The number of carbonyl (C=O) groups is 2. The Hall–Kier alpha value is -1.70. The summed E-state index contributed by atoms with van der Waals surface area (Å²) in [7, 11) is 0. The van der Waals surface area contributed by atoms with E-state index in [0.29, 0.717) is 0 Å². The first-order valence-electron chi connectivity index (χ1n) is 4.02. The molecule has 0 saturated heterocycles. The third-order valence-electron chi connectivity index (χ3n) is 1.46. The van der Waals surface area contributed by atoms with E-state index < -0.39 is 35.6 Å².